The summed E-state index contributed by atoms with van der Waals surface area (Å²) < 4.78 is 11.1. The zero-order chi connectivity index (χ0) is 24.3. The van der Waals surface area contributed by atoms with Crippen LogP contribution in [0.5, 0.6) is 11.5 Å². The second kappa shape index (κ2) is 9.73. The first-order valence-electron chi connectivity index (χ1n) is 12.2. The smallest absolute Gasteiger partial charge is 0.317 e. The molecular weight excluding hydrogens is 454 g/mol. The number of nitrogens with zero attached hydrogens (tertiary/aromatic N) is 3. The summed E-state index contributed by atoms with van der Waals surface area (Å²) in [4.78, 5) is 27.7. The first-order valence-corrected chi connectivity index (χ1v) is 12.2. The number of imidazole rings is 1. The van der Waals surface area contributed by atoms with Crippen LogP contribution in [0.4, 0.5) is 4.79 Å². The molecule has 0 aliphatic carbocycles. The quantitative estimate of drug-likeness (QED) is 0.421. The number of H-pyrrole nitrogens is 1. The van der Waals surface area contributed by atoms with Gasteiger partial charge in [-0.2, -0.15) is 0 Å². The van der Waals surface area contributed by atoms with E-state index in [0.717, 1.165) is 58.4 Å². The minimum Gasteiger partial charge on any atom is -0.454 e. The van der Waals surface area contributed by atoms with Crippen molar-refractivity contribution in [2.45, 2.75) is 25.3 Å². The van der Waals surface area contributed by atoms with Crippen molar-refractivity contribution in [3.63, 3.8) is 0 Å². The Hall–Kier alpha value is -4.33. The number of fused-ring (bicyclic) bond motifs is 1. The third kappa shape index (κ3) is 4.49. The highest BCUT2D eigenvalue weighted by Crippen LogP contribution is 2.39. The first-order chi connectivity index (χ1) is 17.7. The monoisotopic (exact) mass is 481 g/mol. The SMILES string of the molecule is O=C(NCc1ccccc1)N1CCC(c2nc(-c3ccc4c(c3)OCO4)c(-c3ccccn3)[nH]2)CC1. The van der Waals surface area contributed by atoms with Crippen LogP contribution in [0, 0.1) is 0 Å². The number of carbonyl (C=O) groups is 1. The van der Waals surface area contributed by atoms with E-state index in [1.165, 1.54) is 0 Å². The summed E-state index contributed by atoms with van der Waals surface area (Å²) in [5, 5.41) is 3.03. The lowest BCUT2D eigenvalue weighted by molar-refractivity contribution is 0.174. The fourth-order valence-corrected chi connectivity index (χ4v) is 4.77. The lowest BCUT2D eigenvalue weighted by atomic mass is 9.96. The second-order valence-corrected chi connectivity index (χ2v) is 9.03. The van der Waals surface area contributed by atoms with E-state index >= 15 is 0 Å². The van der Waals surface area contributed by atoms with Crippen LogP contribution in [0.3, 0.4) is 0 Å². The fraction of sp³-hybridized carbons (Fsp3) is 0.250. The Morgan fingerprint density at radius 2 is 1.81 bits per heavy atom. The summed E-state index contributed by atoms with van der Waals surface area (Å²) in [7, 11) is 0. The maximum absolute atomic E-state index is 12.7. The molecule has 2 N–H and O–H groups in total. The standard InChI is InChI=1S/C28H27N5O3/c34-28(30-17-19-6-2-1-3-7-19)33-14-11-20(12-15-33)27-31-25(26(32-27)22-8-4-5-13-29-22)21-9-10-23-24(16-21)36-18-35-23/h1-10,13,16,20H,11-12,14-15,17-18H2,(H,30,34)(H,31,32). The normalized spacial score (nSPS) is 15.2. The Labute approximate surface area is 209 Å². The van der Waals surface area contributed by atoms with Gasteiger partial charge in [-0.3, -0.25) is 4.98 Å². The van der Waals surface area contributed by atoms with Crippen LogP contribution in [0.1, 0.15) is 30.1 Å². The van der Waals surface area contributed by atoms with Crippen molar-refractivity contribution in [1.82, 2.24) is 25.2 Å². The number of ether oxygens (including phenoxy) is 2. The van der Waals surface area contributed by atoms with Gasteiger partial charge in [-0.05, 0) is 48.7 Å². The van der Waals surface area contributed by atoms with Gasteiger partial charge in [-0.1, -0.05) is 36.4 Å². The third-order valence-corrected chi connectivity index (χ3v) is 6.74. The highest BCUT2D eigenvalue weighted by atomic mass is 16.7. The van der Waals surface area contributed by atoms with Crippen molar-refractivity contribution < 1.29 is 14.3 Å². The Morgan fingerprint density at radius 3 is 2.61 bits per heavy atom. The van der Waals surface area contributed by atoms with Gasteiger partial charge in [0.05, 0.1) is 17.1 Å². The topological polar surface area (TPSA) is 92.4 Å². The maximum Gasteiger partial charge on any atom is 0.317 e. The number of piperidine rings is 1. The van der Waals surface area contributed by atoms with Crippen LogP contribution in [-0.4, -0.2) is 45.8 Å². The number of hydrogen-bond acceptors (Lipinski definition) is 5. The molecule has 4 heterocycles. The molecule has 182 valence electrons. The molecule has 4 aromatic rings. The molecule has 2 amide bonds. The van der Waals surface area contributed by atoms with E-state index in [-0.39, 0.29) is 18.7 Å². The van der Waals surface area contributed by atoms with Gasteiger partial charge in [0.25, 0.3) is 0 Å². The Morgan fingerprint density at radius 1 is 1.00 bits per heavy atom. The Balaban J connectivity index is 1.19. The van der Waals surface area contributed by atoms with Crippen LogP contribution in [0.25, 0.3) is 22.6 Å². The van der Waals surface area contributed by atoms with Gasteiger partial charge in [0, 0.05) is 37.3 Å². The van der Waals surface area contributed by atoms with Gasteiger partial charge < -0.3 is 24.7 Å². The minimum atomic E-state index is -0.0213. The molecule has 0 atom stereocenters. The van der Waals surface area contributed by atoms with Crippen molar-refractivity contribution >= 4 is 6.03 Å². The van der Waals surface area contributed by atoms with E-state index in [0.29, 0.717) is 19.6 Å². The van der Waals surface area contributed by atoms with E-state index in [1.807, 2.05) is 71.6 Å². The molecule has 0 spiro atoms. The summed E-state index contributed by atoms with van der Waals surface area (Å²) in [5.41, 5.74) is 4.59. The van der Waals surface area contributed by atoms with Gasteiger partial charge >= 0.3 is 6.03 Å². The van der Waals surface area contributed by atoms with Crippen LogP contribution in [0.15, 0.2) is 72.9 Å². The van der Waals surface area contributed by atoms with Crippen molar-refractivity contribution in [2.75, 3.05) is 19.9 Å². The first kappa shape index (κ1) is 22.2. The summed E-state index contributed by atoms with van der Waals surface area (Å²) in [6.07, 6.45) is 3.47. The number of urea groups is 1. The number of aromatic amines is 1. The number of aromatic nitrogens is 3. The maximum atomic E-state index is 12.7. The second-order valence-electron chi connectivity index (χ2n) is 9.03. The average Bonchev–Trinajstić information content (AvgIpc) is 3.60. The summed E-state index contributed by atoms with van der Waals surface area (Å²) in [5.74, 6) is 2.62. The van der Waals surface area contributed by atoms with Crippen molar-refractivity contribution in [2.24, 2.45) is 0 Å². The van der Waals surface area contributed by atoms with E-state index in [1.54, 1.807) is 6.20 Å². The average molecular weight is 482 g/mol. The lowest BCUT2D eigenvalue weighted by Gasteiger charge is -2.31. The van der Waals surface area contributed by atoms with Crippen molar-refractivity contribution in [3.8, 4) is 34.1 Å². The summed E-state index contributed by atoms with van der Waals surface area (Å²) in [6.45, 7) is 2.13. The van der Waals surface area contributed by atoms with E-state index in [2.05, 4.69) is 15.3 Å². The van der Waals surface area contributed by atoms with Crippen LogP contribution in [0.2, 0.25) is 0 Å². The zero-order valence-electron chi connectivity index (χ0n) is 19.8. The molecule has 2 aliphatic rings. The number of nitrogens with one attached hydrogen (secondary N) is 2. The van der Waals surface area contributed by atoms with E-state index in [9.17, 15) is 4.79 Å². The van der Waals surface area contributed by atoms with Gasteiger partial charge in [0.2, 0.25) is 6.79 Å². The molecule has 2 aromatic carbocycles. The number of carbonyl (C=O) groups excluding carboxylic acids is 1. The molecule has 8 heteroatoms. The number of amides is 2. The summed E-state index contributed by atoms with van der Waals surface area (Å²) in [6, 6.07) is 21.7. The largest absolute Gasteiger partial charge is 0.454 e. The van der Waals surface area contributed by atoms with Gasteiger partial charge in [-0.15, -0.1) is 0 Å². The lowest BCUT2D eigenvalue weighted by Crippen LogP contribution is -2.43. The Kier molecular flexibility index (Phi) is 5.99. The van der Waals surface area contributed by atoms with Crippen LogP contribution >= 0.6 is 0 Å². The zero-order valence-corrected chi connectivity index (χ0v) is 19.8. The Bertz CT molecular complexity index is 1350. The van der Waals surface area contributed by atoms with E-state index < -0.39 is 0 Å². The highest BCUT2D eigenvalue weighted by molar-refractivity contribution is 5.78. The summed E-state index contributed by atoms with van der Waals surface area (Å²) >= 11 is 0. The molecule has 2 aliphatic heterocycles. The molecule has 36 heavy (non-hydrogen) atoms. The molecule has 1 saturated heterocycles. The number of likely N-dealkylation sites (tertiary alicyclic amines) is 1. The number of pyridine rings is 1. The molecule has 0 unspecified atom stereocenters. The molecule has 2 aromatic heterocycles. The third-order valence-electron chi connectivity index (χ3n) is 6.74. The predicted molar refractivity (Wildman–Crippen MR) is 136 cm³/mol. The molecular formula is C28H27N5O3. The van der Waals surface area contributed by atoms with Gasteiger partial charge in [0.1, 0.15) is 5.82 Å². The van der Waals surface area contributed by atoms with Crippen LogP contribution in [-0.2, 0) is 6.54 Å². The van der Waals surface area contributed by atoms with E-state index in [4.69, 9.17) is 14.5 Å². The highest BCUT2D eigenvalue weighted by Gasteiger charge is 2.28. The number of rotatable bonds is 5. The van der Waals surface area contributed by atoms with Crippen molar-refractivity contribution in [1.29, 1.82) is 0 Å². The minimum absolute atomic E-state index is 0.0213. The number of benzene rings is 2. The predicted octanol–water partition coefficient (Wildman–Crippen LogP) is 4.96. The fourth-order valence-electron chi connectivity index (χ4n) is 4.77. The van der Waals surface area contributed by atoms with Crippen LogP contribution < -0.4 is 14.8 Å². The molecule has 6 rings (SSSR count). The molecule has 0 saturated carbocycles. The molecule has 1 fully saturated rings. The van der Waals surface area contributed by atoms with Gasteiger partial charge in [-0.25, -0.2) is 9.78 Å². The van der Waals surface area contributed by atoms with Crippen molar-refractivity contribution in [3.05, 3.63) is 84.3 Å². The number of hydrogen-bond donors (Lipinski definition) is 2. The molecule has 0 radical (unpaired) electrons. The molecule has 0 bridgehead atoms. The van der Waals surface area contributed by atoms with Gasteiger partial charge in [0.15, 0.2) is 11.5 Å². The molecule has 8 nitrogen and oxygen atoms in total.